The van der Waals surface area contributed by atoms with E-state index in [-0.39, 0.29) is 11.9 Å². The Balaban J connectivity index is 1.57. The summed E-state index contributed by atoms with van der Waals surface area (Å²) in [5.41, 5.74) is 7.30. The quantitative estimate of drug-likeness (QED) is 0.763. The summed E-state index contributed by atoms with van der Waals surface area (Å²) in [6.07, 6.45) is 0. The predicted molar refractivity (Wildman–Crippen MR) is 91.9 cm³/mol. The summed E-state index contributed by atoms with van der Waals surface area (Å²) in [5.74, 6) is 0.435. The third kappa shape index (κ3) is 2.80. The second kappa shape index (κ2) is 5.94. The maximum absolute atomic E-state index is 12.4. The highest BCUT2D eigenvalue weighted by Crippen LogP contribution is 2.29. The van der Waals surface area contributed by atoms with Crippen molar-refractivity contribution in [2.45, 2.75) is 6.04 Å². The third-order valence-corrected chi connectivity index (χ3v) is 4.30. The van der Waals surface area contributed by atoms with Crippen LogP contribution in [0.3, 0.4) is 0 Å². The number of benzene rings is 2. The molecule has 7 nitrogen and oxygen atoms in total. The Morgan fingerprint density at radius 1 is 1.16 bits per heavy atom. The number of fused-ring (bicyclic) bond motifs is 1. The highest BCUT2D eigenvalue weighted by Gasteiger charge is 2.30. The summed E-state index contributed by atoms with van der Waals surface area (Å²) in [4.78, 5) is 24.9. The van der Waals surface area contributed by atoms with Crippen molar-refractivity contribution >= 4 is 22.8 Å². The minimum atomic E-state index is -0.469. The number of rotatable bonds is 3. The van der Waals surface area contributed by atoms with Crippen LogP contribution in [0.5, 0.6) is 0 Å². The molecule has 1 aliphatic heterocycles. The Morgan fingerprint density at radius 3 is 2.64 bits per heavy atom. The number of likely N-dealkylation sites (tertiary alicyclic amines) is 1. The van der Waals surface area contributed by atoms with Crippen LogP contribution in [-0.2, 0) is 0 Å². The number of hydrogen-bond acceptors (Lipinski definition) is 4. The molecule has 7 heteroatoms. The van der Waals surface area contributed by atoms with Crippen molar-refractivity contribution in [1.29, 1.82) is 0 Å². The largest absolute Gasteiger partial charge is 0.355 e. The highest BCUT2D eigenvalue weighted by molar-refractivity contribution is 6.01. The van der Waals surface area contributed by atoms with Gasteiger partial charge in [0.15, 0.2) is 5.76 Å². The Hall–Kier alpha value is -3.35. The summed E-state index contributed by atoms with van der Waals surface area (Å²) in [7, 11) is 0. The average Bonchev–Trinajstić information content (AvgIpc) is 3.01. The van der Waals surface area contributed by atoms with E-state index in [1.165, 1.54) is 4.90 Å². The second-order valence-corrected chi connectivity index (χ2v) is 6.02. The first-order valence-electron chi connectivity index (χ1n) is 7.92. The van der Waals surface area contributed by atoms with E-state index in [4.69, 9.17) is 10.3 Å². The lowest BCUT2D eigenvalue weighted by Gasteiger charge is -2.38. The van der Waals surface area contributed by atoms with Crippen molar-refractivity contribution in [3.05, 3.63) is 54.1 Å². The number of urea groups is 1. The van der Waals surface area contributed by atoms with Gasteiger partial charge in [-0.05, 0) is 18.2 Å². The summed E-state index contributed by atoms with van der Waals surface area (Å²) < 4.78 is 5.45. The highest BCUT2D eigenvalue weighted by atomic mass is 16.5. The van der Waals surface area contributed by atoms with Gasteiger partial charge in [0.1, 0.15) is 5.52 Å². The van der Waals surface area contributed by atoms with E-state index in [0.717, 1.165) is 10.9 Å². The molecular weight excluding hydrogens is 320 g/mol. The van der Waals surface area contributed by atoms with E-state index in [9.17, 15) is 9.59 Å². The topological polar surface area (TPSA) is 101 Å². The van der Waals surface area contributed by atoms with Gasteiger partial charge in [-0.15, -0.1) is 0 Å². The molecule has 25 heavy (non-hydrogen) atoms. The number of hydrogen-bond donors (Lipinski definition) is 2. The van der Waals surface area contributed by atoms with Crippen LogP contribution in [0.4, 0.5) is 4.79 Å². The first-order chi connectivity index (χ1) is 12.1. The number of nitrogens with zero attached hydrogens (tertiary/aromatic N) is 2. The summed E-state index contributed by atoms with van der Waals surface area (Å²) in [6.45, 7) is 0.873. The average molecular weight is 336 g/mol. The van der Waals surface area contributed by atoms with Crippen molar-refractivity contribution in [2.75, 3.05) is 13.1 Å². The van der Waals surface area contributed by atoms with E-state index < -0.39 is 6.03 Å². The molecule has 3 aromatic rings. The molecule has 1 saturated heterocycles. The Kier molecular flexibility index (Phi) is 3.61. The van der Waals surface area contributed by atoms with Gasteiger partial charge in [0.05, 0.1) is 11.4 Å². The van der Waals surface area contributed by atoms with Crippen LogP contribution < -0.4 is 11.1 Å². The number of aromatic nitrogens is 1. The summed E-state index contributed by atoms with van der Waals surface area (Å²) >= 11 is 0. The molecule has 1 aromatic heterocycles. The van der Waals surface area contributed by atoms with Crippen LogP contribution in [0.15, 0.2) is 53.1 Å². The lowest BCUT2D eigenvalue weighted by atomic mass is 10.0. The fourth-order valence-electron chi connectivity index (χ4n) is 2.90. The molecule has 3 amide bonds. The molecule has 3 N–H and O–H groups in total. The SMILES string of the molecule is NC(=O)N1CC(NC(=O)c2ccc3noc(-c4ccccc4)c3c2)C1. The van der Waals surface area contributed by atoms with Crippen molar-refractivity contribution in [2.24, 2.45) is 5.73 Å². The maximum atomic E-state index is 12.4. The van der Waals surface area contributed by atoms with E-state index in [0.29, 0.717) is 29.9 Å². The van der Waals surface area contributed by atoms with Gasteiger partial charge in [-0.2, -0.15) is 0 Å². The first-order valence-corrected chi connectivity index (χ1v) is 7.92. The second-order valence-electron chi connectivity index (χ2n) is 6.02. The van der Waals surface area contributed by atoms with Gasteiger partial charge in [0.2, 0.25) is 0 Å². The van der Waals surface area contributed by atoms with E-state index >= 15 is 0 Å². The van der Waals surface area contributed by atoms with Crippen LogP contribution in [0.2, 0.25) is 0 Å². The van der Waals surface area contributed by atoms with Gasteiger partial charge >= 0.3 is 6.03 Å². The molecule has 0 saturated carbocycles. The van der Waals surface area contributed by atoms with Gasteiger partial charge in [0.25, 0.3) is 5.91 Å². The Morgan fingerprint density at radius 2 is 1.92 bits per heavy atom. The van der Waals surface area contributed by atoms with Crippen molar-refractivity contribution in [3.63, 3.8) is 0 Å². The molecule has 126 valence electrons. The number of carbonyl (C=O) groups is 2. The molecule has 1 aliphatic rings. The van der Waals surface area contributed by atoms with Crippen molar-refractivity contribution in [1.82, 2.24) is 15.4 Å². The number of nitrogens with one attached hydrogen (secondary N) is 1. The molecule has 0 atom stereocenters. The number of primary amides is 1. The third-order valence-electron chi connectivity index (χ3n) is 4.30. The zero-order chi connectivity index (χ0) is 17.4. The number of amides is 3. The summed E-state index contributed by atoms with van der Waals surface area (Å²) in [6, 6.07) is 14.3. The molecule has 2 aromatic carbocycles. The molecule has 0 radical (unpaired) electrons. The molecule has 1 fully saturated rings. The fraction of sp³-hybridized carbons (Fsp3) is 0.167. The number of nitrogens with two attached hydrogens (primary N) is 1. The lowest BCUT2D eigenvalue weighted by Crippen LogP contribution is -2.62. The molecule has 4 rings (SSSR count). The minimum Gasteiger partial charge on any atom is -0.355 e. The summed E-state index contributed by atoms with van der Waals surface area (Å²) in [5, 5.41) is 7.73. The lowest BCUT2D eigenvalue weighted by molar-refractivity contribution is 0.0861. The van der Waals surface area contributed by atoms with Crippen LogP contribution in [-0.4, -0.2) is 41.1 Å². The maximum Gasteiger partial charge on any atom is 0.314 e. The van der Waals surface area contributed by atoms with Gasteiger partial charge < -0.3 is 20.5 Å². The number of carbonyl (C=O) groups excluding carboxylic acids is 2. The molecular formula is C18H16N4O3. The monoisotopic (exact) mass is 336 g/mol. The molecule has 0 bridgehead atoms. The Bertz CT molecular complexity index is 945. The Labute approximate surface area is 143 Å². The first kappa shape index (κ1) is 15.2. The van der Waals surface area contributed by atoms with E-state index in [1.54, 1.807) is 18.2 Å². The molecule has 0 aliphatic carbocycles. The van der Waals surface area contributed by atoms with Gasteiger partial charge in [-0.3, -0.25) is 4.79 Å². The fourth-order valence-corrected chi connectivity index (χ4v) is 2.90. The van der Waals surface area contributed by atoms with Crippen LogP contribution in [0, 0.1) is 0 Å². The smallest absolute Gasteiger partial charge is 0.314 e. The molecule has 0 unspecified atom stereocenters. The van der Waals surface area contributed by atoms with Crippen LogP contribution in [0.25, 0.3) is 22.2 Å². The zero-order valence-corrected chi connectivity index (χ0v) is 13.3. The minimum absolute atomic E-state index is 0.0771. The van der Waals surface area contributed by atoms with Crippen LogP contribution >= 0.6 is 0 Å². The van der Waals surface area contributed by atoms with Crippen LogP contribution in [0.1, 0.15) is 10.4 Å². The predicted octanol–water partition coefficient (Wildman–Crippen LogP) is 1.99. The van der Waals surface area contributed by atoms with Gasteiger partial charge in [-0.1, -0.05) is 35.5 Å². The van der Waals surface area contributed by atoms with E-state index in [1.807, 2.05) is 30.3 Å². The zero-order valence-electron chi connectivity index (χ0n) is 13.3. The molecule has 0 spiro atoms. The van der Waals surface area contributed by atoms with Crippen molar-refractivity contribution in [3.8, 4) is 11.3 Å². The molecule has 2 heterocycles. The standard InChI is InChI=1S/C18H16N4O3/c19-18(24)22-9-13(10-22)20-17(23)12-6-7-15-14(8-12)16(25-21-15)11-4-2-1-3-5-11/h1-8,13H,9-10H2,(H2,19,24)(H,20,23). The van der Waals surface area contributed by atoms with Gasteiger partial charge in [0, 0.05) is 24.2 Å². The van der Waals surface area contributed by atoms with Crippen molar-refractivity contribution < 1.29 is 14.1 Å². The van der Waals surface area contributed by atoms with Gasteiger partial charge in [-0.25, -0.2) is 4.79 Å². The normalized spacial score (nSPS) is 14.3. The van der Waals surface area contributed by atoms with E-state index in [2.05, 4.69) is 10.5 Å².